The number of hydrogen-bond acceptors (Lipinski definition) is 5. The maximum absolute atomic E-state index is 12.6. The minimum absolute atomic E-state index is 0.386. The van der Waals surface area contributed by atoms with Crippen LogP contribution >= 0.6 is 0 Å². The molecule has 0 heterocycles. The van der Waals surface area contributed by atoms with E-state index in [2.05, 4.69) is 0 Å². The third kappa shape index (κ3) is 3.55. The molecule has 0 aliphatic rings. The van der Waals surface area contributed by atoms with Crippen LogP contribution in [0.3, 0.4) is 0 Å². The van der Waals surface area contributed by atoms with Crippen molar-refractivity contribution in [1.29, 1.82) is 0 Å². The number of ketones is 1. The van der Waals surface area contributed by atoms with Crippen molar-refractivity contribution < 1.29 is 19.1 Å². The molecule has 0 bridgehead atoms. The van der Waals surface area contributed by atoms with Crippen LogP contribution in [0.4, 0.5) is 0 Å². The smallest absolute Gasteiger partial charge is 0.230 e. The molecule has 2 aromatic carbocycles. The van der Waals surface area contributed by atoms with Gasteiger partial charge in [0.05, 0.1) is 14.2 Å². The van der Waals surface area contributed by atoms with E-state index in [9.17, 15) is 9.59 Å². The highest BCUT2D eigenvalue weighted by Crippen LogP contribution is 2.32. The average Bonchev–Trinajstić information content (AvgIpc) is 2.61. The standard InChI is InChI=1S/C18H20N2O4/c1-23-13-9-8-12(10-14(13)24-2)16(19)15(18(20)22)17(21)11-6-4-3-5-7-11/h3-10,15-16H,19H2,1-2H3,(H2,20,22). The fourth-order valence-electron chi connectivity index (χ4n) is 2.50. The lowest BCUT2D eigenvalue weighted by atomic mass is 9.86. The van der Waals surface area contributed by atoms with Crippen molar-refractivity contribution in [3.63, 3.8) is 0 Å². The molecular weight excluding hydrogens is 308 g/mol. The summed E-state index contributed by atoms with van der Waals surface area (Å²) in [6.45, 7) is 0. The van der Waals surface area contributed by atoms with E-state index in [0.29, 0.717) is 22.6 Å². The predicted molar refractivity (Wildman–Crippen MR) is 89.9 cm³/mol. The number of carbonyl (C=O) groups excluding carboxylic acids is 2. The molecule has 0 fully saturated rings. The number of rotatable bonds is 7. The number of carbonyl (C=O) groups is 2. The zero-order valence-electron chi connectivity index (χ0n) is 13.6. The first-order chi connectivity index (χ1) is 11.5. The van der Waals surface area contributed by atoms with Crippen molar-refractivity contribution >= 4 is 11.7 Å². The van der Waals surface area contributed by atoms with Gasteiger partial charge in [0.15, 0.2) is 17.3 Å². The maximum atomic E-state index is 12.6. The minimum atomic E-state index is -1.18. The first-order valence-corrected chi connectivity index (χ1v) is 7.35. The number of Topliss-reactive ketones (excluding diaryl/α,β-unsaturated/α-hetero) is 1. The van der Waals surface area contributed by atoms with Gasteiger partial charge in [-0.3, -0.25) is 9.59 Å². The molecule has 126 valence electrons. The lowest BCUT2D eigenvalue weighted by molar-refractivity contribution is -0.121. The predicted octanol–water partition coefficient (Wildman–Crippen LogP) is 1.69. The lowest BCUT2D eigenvalue weighted by Gasteiger charge is -2.21. The normalized spacial score (nSPS) is 13.0. The van der Waals surface area contributed by atoms with Crippen LogP contribution in [0.1, 0.15) is 22.0 Å². The molecule has 2 unspecified atom stereocenters. The second kappa shape index (κ2) is 7.61. The number of hydrogen-bond donors (Lipinski definition) is 2. The molecule has 0 saturated carbocycles. The molecule has 0 aliphatic carbocycles. The molecule has 0 spiro atoms. The number of primary amides is 1. The number of benzene rings is 2. The Bertz CT molecular complexity index is 731. The summed E-state index contributed by atoms with van der Waals surface area (Å²) >= 11 is 0. The van der Waals surface area contributed by atoms with Gasteiger partial charge in [-0.25, -0.2) is 0 Å². The van der Waals surface area contributed by atoms with E-state index in [1.165, 1.54) is 14.2 Å². The molecule has 2 atom stereocenters. The van der Waals surface area contributed by atoms with Crippen molar-refractivity contribution in [2.75, 3.05) is 14.2 Å². The van der Waals surface area contributed by atoms with Crippen molar-refractivity contribution in [2.45, 2.75) is 6.04 Å². The third-order valence-corrected chi connectivity index (χ3v) is 3.80. The van der Waals surface area contributed by atoms with Gasteiger partial charge in [-0.2, -0.15) is 0 Å². The fourth-order valence-corrected chi connectivity index (χ4v) is 2.50. The Balaban J connectivity index is 2.38. The molecule has 4 N–H and O–H groups in total. The first kappa shape index (κ1) is 17.5. The van der Waals surface area contributed by atoms with Gasteiger partial charge in [-0.15, -0.1) is 0 Å². The molecule has 2 aromatic rings. The summed E-state index contributed by atoms with van der Waals surface area (Å²) in [4.78, 5) is 24.5. The zero-order chi connectivity index (χ0) is 17.7. The topological polar surface area (TPSA) is 105 Å². The van der Waals surface area contributed by atoms with Gasteiger partial charge in [-0.05, 0) is 17.7 Å². The highest BCUT2D eigenvalue weighted by atomic mass is 16.5. The van der Waals surface area contributed by atoms with E-state index in [-0.39, 0.29) is 0 Å². The summed E-state index contributed by atoms with van der Waals surface area (Å²) in [5, 5.41) is 0. The quantitative estimate of drug-likeness (QED) is 0.594. The molecule has 6 heteroatoms. The van der Waals surface area contributed by atoms with Crippen LogP contribution in [0.15, 0.2) is 48.5 Å². The highest BCUT2D eigenvalue weighted by molar-refractivity contribution is 6.10. The Morgan fingerprint density at radius 2 is 1.58 bits per heavy atom. The summed E-state index contributed by atoms with van der Waals surface area (Å²) in [5.41, 5.74) is 12.6. The van der Waals surface area contributed by atoms with Crippen molar-refractivity contribution in [1.82, 2.24) is 0 Å². The number of amides is 1. The van der Waals surface area contributed by atoms with Gasteiger partial charge in [0.25, 0.3) is 0 Å². The van der Waals surface area contributed by atoms with Crippen LogP contribution in [-0.4, -0.2) is 25.9 Å². The molecule has 2 rings (SSSR count). The SMILES string of the molecule is COc1ccc(C(N)C(C(N)=O)C(=O)c2ccccc2)cc1OC. The summed E-state index contributed by atoms with van der Waals surface area (Å²) in [7, 11) is 3.01. The molecule has 0 saturated heterocycles. The minimum Gasteiger partial charge on any atom is -0.493 e. The molecule has 0 aromatic heterocycles. The van der Waals surface area contributed by atoms with Crippen LogP contribution < -0.4 is 20.9 Å². The van der Waals surface area contributed by atoms with Crippen LogP contribution in [0, 0.1) is 5.92 Å². The van der Waals surface area contributed by atoms with E-state index < -0.39 is 23.7 Å². The van der Waals surface area contributed by atoms with Gasteiger partial charge < -0.3 is 20.9 Å². The van der Waals surface area contributed by atoms with E-state index in [0.717, 1.165) is 0 Å². The Labute approximate surface area is 140 Å². The second-order valence-electron chi connectivity index (χ2n) is 5.25. The molecule has 0 radical (unpaired) electrons. The monoisotopic (exact) mass is 328 g/mol. The van der Waals surface area contributed by atoms with Crippen molar-refractivity contribution in [3.8, 4) is 11.5 Å². The number of methoxy groups -OCH3 is 2. The number of ether oxygens (including phenoxy) is 2. The fraction of sp³-hybridized carbons (Fsp3) is 0.222. The van der Waals surface area contributed by atoms with Gasteiger partial charge in [0, 0.05) is 11.6 Å². The zero-order valence-corrected chi connectivity index (χ0v) is 13.6. The summed E-state index contributed by atoms with van der Waals surface area (Å²) in [6, 6.07) is 12.6. The summed E-state index contributed by atoms with van der Waals surface area (Å²) in [6.07, 6.45) is 0. The van der Waals surface area contributed by atoms with Gasteiger partial charge in [0.2, 0.25) is 5.91 Å². The maximum Gasteiger partial charge on any atom is 0.230 e. The Morgan fingerprint density at radius 3 is 2.12 bits per heavy atom. The van der Waals surface area contributed by atoms with Crippen LogP contribution in [0.5, 0.6) is 11.5 Å². The molecule has 0 aliphatic heterocycles. The molecule has 24 heavy (non-hydrogen) atoms. The van der Waals surface area contributed by atoms with E-state index in [1.54, 1.807) is 48.5 Å². The Kier molecular flexibility index (Phi) is 5.55. The first-order valence-electron chi connectivity index (χ1n) is 7.35. The van der Waals surface area contributed by atoms with E-state index in [1.807, 2.05) is 0 Å². The van der Waals surface area contributed by atoms with Gasteiger partial charge >= 0.3 is 0 Å². The number of nitrogens with two attached hydrogens (primary N) is 2. The summed E-state index contributed by atoms with van der Waals surface area (Å²) in [5.74, 6) is -1.37. The third-order valence-electron chi connectivity index (χ3n) is 3.80. The average molecular weight is 328 g/mol. The molecular formula is C18H20N2O4. The second-order valence-corrected chi connectivity index (χ2v) is 5.25. The van der Waals surface area contributed by atoms with E-state index >= 15 is 0 Å². The van der Waals surface area contributed by atoms with Crippen molar-refractivity contribution in [2.24, 2.45) is 17.4 Å². The lowest BCUT2D eigenvalue weighted by Crippen LogP contribution is -2.39. The van der Waals surface area contributed by atoms with Crippen LogP contribution in [0.25, 0.3) is 0 Å². The van der Waals surface area contributed by atoms with Crippen LogP contribution in [0.2, 0.25) is 0 Å². The molecule has 6 nitrogen and oxygen atoms in total. The Hall–Kier alpha value is -2.86. The largest absolute Gasteiger partial charge is 0.493 e. The van der Waals surface area contributed by atoms with Gasteiger partial charge in [-0.1, -0.05) is 36.4 Å². The Morgan fingerprint density at radius 1 is 0.958 bits per heavy atom. The van der Waals surface area contributed by atoms with Crippen molar-refractivity contribution in [3.05, 3.63) is 59.7 Å². The summed E-state index contributed by atoms with van der Waals surface area (Å²) < 4.78 is 10.4. The molecule has 1 amide bonds. The van der Waals surface area contributed by atoms with E-state index in [4.69, 9.17) is 20.9 Å². The van der Waals surface area contributed by atoms with Gasteiger partial charge in [0.1, 0.15) is 5.92 Å². The highest BCUT2D eigenvalue weighted by Gasteiger charge is 2.33. The van der Waals surface area contributed by atoms with Crippen LogP contribution in [-0.2, 0) is 4.79 Å².